The van der Waals surface area contributed by atoms with Crippen LogP contribution in [0, 0.1) is 5.41 Å². The molecule has 0 saturated heterocycles. The van der Waals surface area contributed by atoms with Crippen molar-refractivity contribution in [1.29, 1.82) is 0 Å². The first-order valence-electron chi connectivity index (χ1n) is 6.78. The smallest absolute Gasteiger partial charge is 0.133 e. The highest BCUT2D eigenvalue weighted by atomic mass is 79.9. The highest BCUT2D eigenvalue weighted by Gasteiger charge is 2.55. The number of halogens is 2. The highest BCUT2D eigenvalue weighted by Crippen LogP contribution is 2.56. The predicted octanol–water partition coefficient (Wildman–Crippen LogP) is 5.16. The summed E-state index contributed by atoms with van der Waals surface area (Å²) in [6, 6.07) is 8.09. The summed E-state index contributed by atoms with van der Waals surface area (Å²) in [5, 5.41) is 0.310. The fourth-order valence-electron chi connectivity index (χ4n) is 3.40. The van der Waals surface area contributed by atoms with Gasteiger partial charge in [0.05, 0.1) is 4.47 Å². The monoisotopic (exact) mass is 328 g/mol. The van der Waals surface area contributed by atoms with Crippen LogP contribution in [0.4, 0.5) is 0 Å². The molecule has 18 heavy (non-hydrogen) atoms. The molecule has 0 bridgehead atoms. The summed E-state index contributed by atoms with van der Waals surface area (Å²) in [5.74, 6) is 0.955. The lowest BCUT2D eigenvalue weighted by Gasteiger charge is -2.55. The average molecular weight is 330 g/mol. The Morgan fingerprint density at radius 2 is 1.89 bits per heavy atom. The maximum absolute atomic E-state index is 6.49. The van der Waals surface area contributed by atoms with E-state index in [2.05, 4.69) is 15.9 Å². The Kier molecular flexibility index (Phi) is 3.59. The molecule has 2 aliphatic rings. The van der Waals surface area contributed by atoms with Gasteiger partial charge in [0.25, 0.3) is 0 Å². The van der Waals surface area contributed by atoms with Gasteiger partial charge in [-0.3, -0.25) is 0 Å². The van der Waals surface area contributed by atoms with Crippen LogP contribution in [-0.2, 0) is 0 Å². The van der Waals surface area contributed by atoms with Gasteiger partial charge in [-0.25, -0.2) is 0 Å². The van der Waals surface area contributed by atoms with Gasteiger partial charge in [-0.2, -0.15) is 0 Å². The average Bonchev–Trinajstić information content (AvgIpc) is 2.41. The molecule has 3 rings (SSSR count). The van der Waals surface area contributed by atoms with E-state index in [1.807, 2.05) is 24.3 Å². The zero-order chi connectivity index (χ0) is 12.6. The van der Waals surface area contributed by atoms with Gasteiger partial charge in [-0.15, -0.1) is 11.6 Å². The standard InChI is InChI=1S/C15H18BrClO/c16-11-6-2-3-7-12(11)18-14-10-13(17)15(14)8-4-1-5-9-15/h2-3,6-7,13-14H,1,4-5,8-10H2. The number of ether oxygens (including phenoxy) is 1. The third-order valence-corrected chi connectivity index (χ3v) is 5.84. The molecular formula is C15H18BrClO. The van der Waals surface area contributed by atoms with E-state index in [1.165, 1.54) is 32.1 Å². The van der Waals surface area contributed by atoms with E-state index < -0.39 is 0 Å². The molecular weight excluding hydrogens is 312 g/mol. The zero-order valence-corrected chi connectivity index (χ0v) is 12.7. The molecule has 1 aromatic carbocycles. The van der Waals surface area contributed by atoms with Crippen LogP contribution in [0.25, 0.3) is 0 Å². The van der Waals surface area contributed by atoms with Crippen LogP contribution in [0.1, 0.15) is 38.5 Å². The largest absolute Gasteiger partial charge is 0.489 e. The number of para-hydroxylation sites is 1. The van der Waals surface area contributed by atoms with E-state index in [4.69, 9.17) is 16.3 Å². The molecule has 1 spiro atoms. The molecule has 1 aromatic rings. The molecule has 2 unspecified atom stereocenters. The van der Waals surface area contributed by atoms with Crippen molar-refractivity contribution in [3.8, 4) is 5.75 Å². The molecule has 0 N–H and O–H groups in total. The van der Waals surface area contributed by atoms with Crippen molar-refractivity contribution in [3.63, 3.8) is 0 Å². The van der Waals surface area contributed by atoms with Gasteiger partial charge in [0.1, 0.15) is 11.9 Å². The third kappa shape index (κ3) is 2.08. The van der Waals surface area contributed by atoms with Crippen LogP contribution in [0.15, 0.2) is 28.7 Å². The Balaban J connectivity index is 1.75. The third-order valence-electron chi connectivity index (χ3n) is 4.58. The summed E-state index contributed by atoms with van der Waals surface area (Å²) < 4.78 is 7.25. The van der Waals surface area contributed by atoms with E-state index in [1.54, 1.807) is 0 Å². The van der Waals surface area contributed by atoms with Crippen molar-refractivity contribution in [1.82, 2.24) is 0 Å². The highest BCUT2D eigenvalue weighted by molar-refractivity contribution is 9.10. The van der Waals surface area contributed by atoms with Crippen LogP contribution < -0.4 is 4.74 Å². The second kappa shape index (κ2) is 5.05. The summed E-state index contributed by atoms with van der Waals surface area (Å²) in [6.45, 7) is 0. The first kappa shape index (κ1) is 12.8. The molecule has 1 nitrogen and oxygen atoms in total. The van der Waals surface area contributed by atoms with Gasteiger partial charge >= 0.3 is 0 Å². The molecule has 0 aromatic heterocycles. The van der Waals surface area contributed by atoms with E-state index >= 15 is 0 Å². The predicted molar refractivity (Wildman–Crippen MR) is 78.3 cm³/mol. The summed E-state index contributed by atoms with van der Waals surface area (Å²) in [5.41, 5.74) is 0.245. The fourth-order valence-corrected chi connectivity index (χ4v) is 4.30. The minimum absolute atomic E-state index is 0.245. The van der Waals surface area contributed by atoms with Gasteiger partial charge in [0.2, 0.25) is 0 Å². The summed E-state index contributed by atoms with van der Waals surface area (Å²) in [6.07, 6.45) is 7.72. The second-order valence-electron chi connectivity index (χ2n) is 5.53. The number of alkyl halides is 1. The number of hydrogen-bond acceptors (Lipinski definition) is 1. The van der Waals surface area contributed by atoms with Gasteiger partial charge in [-0.05, 0) is 40.9 Å². The lowest BCUT2D eigenvalue weighted by molar-refractivity contribution is -0.0653. The SMILES string of the molecule is ClC1CC(Oc2ccccc2Br)C12CCCCC2. The molecule has 2 atom stereocenters. The van der Waals surface area contributed by atoms with Crippen LogP contribution in [0.5, 0.6) is 5.75 Å². The second-order valence-corrected chi connectivity index (χ2v) is 6.92. The molecule has 2 aliphatic carbocycles. The van der Waals surface area contributed by atoms with Crippen LogP contribution in [-0.4, -0.2) is 11.5 Å². The molecule has 0 heterocycles. The van der Waals surface area contributed by atoms with Crippen molar-refractivity contribution in [2.45, 2.75) is 50.0 Å². The minimum atomic E-state index is 0.245. The molecule has 2 fully saturated rings. The normalized spacial score (nSPS) is 29.9. The number of rotatable bonds is 2. The van der Waals surface area contributed by atoms with Gasteiger partial charge in [0, 0.05) is 17.2 Å². The van der Waals surface area contributed by atoms with Crippen LogP contribution in [0.3, 0.4) is 0 Å². The molecule has 3 heteroatoms. The molecule has 2 saturated carbocycles. The lowest BCUT2D eigenvalue weighted by atomic mass is 9.58. The zero-order valence-electron chi connectivity index (χ0n) is 10.4. The number of hydrogen-bond donors (Lipinski definition) is 0. The maximum atomic E-state index is 6.49. The first-order valence-corrected chi connectivity index (χ1v) is 8.00. The summed E-state index contributed by atoms with van der Waals surface area (Å²) in [4.78, 5) is 0. The van der Waals surface area contributed by atoms with E-state index in [0.717, 1.165) is 16.6 Å². The summed E-state index contributed by atoms with van der Waals surface area (Å²) in [7, 11) is 0. The van der Waals surface area contributed by atoms with Gasteiger partial charge in [-0.1, -0.05) is 31.4 Å². The van der Waals surface area contributed by atoms with Gasteiger partial charge in [0.15, 0.2) is 0 Å². The quantitative estimate of drug-likeness (QED) is 0.681. The Morgan fingerprint density at radius 1 is 1.17 bits per heavy atom. The van der Waals surface area contributed by atoms with Crippen LogP contribution in [0.2, 0.25) is 0 Å². The molecule has 0 amide bonds. The van der Waals surface area contributed by atoms with Gasteiger partial charge < -0.3 is 4.74 Å². The van der Waals surface area contributed by atoms with Crippen molar-refractivity contribution in [2.75, 3.05) is 0 Å². The van der Waals surface area contributed by atoms with E-state index in [0.29, 0.717) is 11.5 Å². The molecule has 0 radical (unpaired) electrons. The summed E-state index contributed by atoms with van der Waals surface area (Å²) >= 11 is 10.0. The Morgan fingerprint density at radius 3 is 2.56 bits per heavy atom. The molecule has 0 aliphatic heterocycles. The van der Waals surface area contributed by atoms with E-state index in [9.17, 15) is 0 Å². The molecule has 98 valence electrons. The lowest BCUT2D eigenvalue weighted by Crippen LogP contribution is -2.58. The van der Waals surface area contributed by atoms with Crippen molar-refractivity contribution >= 4 is 27.5 Å². The minimum Gasteiger partial charge on any atom is -0.489 e. The van der Waals surface area contributed by atoms with Crippen molar-refractivity contribution in [2.24, 2.45) is 5.41 Å². The Labute approximate surface area is 122 Å². The first-order chi connectivity index (χ1) is 8.72. The Hall–Kier alpha value is -0.210. The fraction of sp³-hybridized carbons (Fsp3) is 0.600. The topological polar surface area (TPSA) is 9.23 Å². The van der Waals surface area contributed by atoms with E-state index in [-0.39, 0.29) is 5.41 Å². The Bertz CT molecular complexity index is 428. The van der Waals surface area contributed by atoms with Crippen LogP contribution >= 0.6 is 27.5 Å². The van der Waals surface area contributed by atoms with Crippen molar-refractivity contribution < 1.29 is 4.74 Å². The maximum Gasteiger partial charge on any atom is 0.133 e. The van der Waals surface area contributed by atoms with Crippen molar-refractivity contribution in [3.05, 3.63) is 28.7 Å². The number of benzene rings is 1.